The van der Waals surface area contributed by atoms with Gasteiger partial charge in [0.1, 0.15) is 12.4 Å². The Morgan fingerprint density at radius 2 is 2.44 bits per heavy atom. The van der Waals surface area contributed by atoms with E-state index in [2.05, 4.69) is 0 Å². The number of carboxylic acids is 1. The SMILES string of the molecule is O=C(O)CC1COC(=O)N1Cc1ccco1. The maximum absolute atomic E-state index is 11.4. The molecule has 1 aliphatic rings. The molecule has 1 saturated heterocycles. The van der Waals surface area contributed by atoms with Crippen molar-refractivity contribution in [2.45, 2.75) is 19.0 Å². The van der Waals surface area contributed by atoms with Crippen LogP contribution in [0.3, 0.4) is 0 Å². The zero-order valence-electron chi connectivity index (χ0n) is 8.46. The highest BCUT2D eigenvalue weighted by atomic mass is 16.6. The lowest BCUT2D eigenvalue weighted by Gasteiger charge is -2.18. The summed E-state index contributed by atoms with van der Waals surface area (Å²) >= 11 is 0. The maximum atomic E-state index is 11.4. The van der Waals surface area contributed by atoms with Crippen molar-refractivity contribution in [2.24, 2.45) is 0 Å². The van der Waals surface area contributed by atoms with Gasteiger partial charge in [0.15, 0.2) is 0 Å². The minimum atomic E-state index is -0.951. The van der Waals surface area contributed by atoms with Crippen LogP contribution in [0.4, 0.5) is 4.79 Å². The standard InChI is InChI=1S/C10H11NO5/c12-9(13)4-7-6-16-10(14)11(7)5-8-2-1-3-15-8/h1-3,7H,4-6H2,(H,12,13). The lowest BCUT2D eigenvalue weighted by molar-refractivity contribution is -0.138. The van der Waals surface area contributed by atoms with Gasteiger partial charge in [0.05, 0.1) is 25.3 Å². The molecule has 0 saturated carbocycles. The summed E-state index contributed by atoms with van der Waals surface area (Å²) in [7, 11) is 0. The molecule has 0 spiro atoms. The Balaban J connectivity index is 2.04. The Labute approximate surface area is 91.4 Å². The molecule has 1 unspecified atom stereocenters. The first kappa shape index (κ1) is 10.5. The highest BCUT2D eigenvalue weighted by molar-refractivity contribution is 5.73. The van der Waals surface area contributed by atoms with E-state index in [1.165, 1.54) is 11.2 Å². The van der Waals surface area contributed by atoms with Gasteiger partial charge in [-0.2, -0.15) is 0 Å². The van der Waals surface area contributed by atoms with E-state index >= 15 is 0 Å². The third kappa shape index (κ3) is 2.16. The molecule has 1 aromatic heterocycles. The van der Waals surface area contributed by atoms with Crippen LogP contribution in [-0.4, -0.2) is 34.7 Å². The van der Waals surface area contributed by atoms with Gasteiger partial charge in [-0.25, -0.2) is 4.79 Å². The smallest absolute Gasteiger partial charge is 0.410 e. The van der Waals surface area contributed by atoms with E-state index in [0.717, 1.165) is 0 Å². The van der Waals surface area contributed by atoms with E-state index in [1.807, 2.05) is 0 Å². The van der Waals surface area contributed by atoms with E-state index in [0.29, 0.717) is 5.76 Å². The number of ether oxygens (including phenoxy) is 1. The van der Waals surface area contributed by atoms with Crippen LogP contribution < -0.4 is 0 Å². The molecule has 16 heavy (non-hydrogen) atoms. The Bertz CT molecular complexity index is 386. The maximum Gasteiger partial charge on any atom is 0.410 e. The molecule has 0 aromatic carbocycles. The van der Waals surface area contributed by atoms with E-state index in [1.54, 1.807) is 12.1 Å². The molecule has 0 radical (unpaired) electrons. The van der Waals surface area contributed by atoms with Gasteiger partial charge in [0.2, 0.25) is 0 Å². The number of carbonyl (C=O) groups is 2. The van der Waals surface area contributed by atoms with Crippen LogP contribution in [0.1, 0.15) is 12.2 Å². The lowest BCUT2D eigenvalue weighted by Crippen LogP contribution is -2.34. The topological polar surface area (TPSA) is 80.0 Å². The Hall–Kier alpha value is -1.98. The average molecular weight is 225 g/mol. The number of hydrogen-bond acceptors (Lipinski definition) is 4. The normalized spacial score (nSPS) is 19.9. The zero-order valence-corrected chi connectivity index (χ0v) is 8.46. The van der Waals surface area contributed by atoms with Crippen molar-refractivity contribution in [2.75, 3.05) is 6.61 Å². The minimum absolute atomic E-state index is 0.117. The van der Waals surface area contributed by atoms with Crippen molar-refractivity contribution >= 4 is 12.1 Å². The van der Waals surface area contributed by atoms with Gasteiger partial charge < -0.3 is 14.3 Å². The number of rotatable bonds is 4. The van der Waals surface area contributed by atoms with Gasteiger partial charge >= 0.3 is 12.1 Å². The Morgan fingerprint density at radius 3 is 3.06 bits per heavy atom. The van der Waals surface area contributed by atoms with Crippen LogP contribution >= 0.6 is 0 Å². The molecule has 2 heterocycles. The first-order valence-electron chi connectivity index (χ1n) is 4.84. The number of aliphatic carboxylic acids is 1. The molecule has 1 fully saturated rings. The van der Waals surface area contributed by atoms with Crippen molar-refractivity contribution in [3.8, 4) is 0 Å². The molecule has 86 valence electrons. The van der Waals surface area contributed by atoms with Crippen LogP contribution in [0.25, 0.3) is 0 Å². The monoisotopic (exact) mass is 225 g/mol. The number of carbonyl (C=O) groups excluding carboxylic acids is 1. The summed E-state index contributed by atoms with van der Waals surface area (Å²) < 4.78 is 9.91. The van der Waals surface area contributed by atoms with Crippen molar-refractivity contribution in [3.05, 3.63) is 24.2 Å². The summed E-state index contributed by atoms with van der Waals surface area (Å²) in [5, 5.41) is 8.69. The molecule has 6 nitrogen and oxygen atoms in total. The average Bonchev–Trinajstić information content (AvgIpc) is 2.82. The number of nitrogens with zero attached hydrogens (tertiary/aromatic N) is 1. The van der Waals surface area contributed by atoms with Gasteiger partial charge in [0, 0.05) is 0 Å². The summed E-state index contributed by atoms with van der Waals surface area (Å²) in [6, 6.07) is 3.02. The molecule has 1 atom stereocenters. The fourth-order valence-electron chi connectivity index (χ4n) is 1.62. The molecule has 6 heteroatoms. The summed E-state index contributed by atoms with van der Waals surface area (Å²) in [6.45, 7) is 0.357. The first-order valence-corrected chi connectivity index (χ1v) is 4.84. The molecule has 1 amide bonds. The van der Waals surface area contributed by atoms with Gasteiger partial charge in [-0.3, -0.25) is 9.69 Å². The fourth-order valence-corrected chi connectivity index (χ4v) is 1.62. The molecule has 2 rings (SSSR count). The molecule has 0 aliphatic carbocycles. The third-order valence-corrected chi connectivity index (χ3v) is 2.39. The second-order valence-corrected chi connectivity index (χ2v) is 3.54. The number of furan rings is 1. The quantitative estimate of drug-likeness (QED) is 0.829. The van der Waals surface area contributed by atoms with Crippen LogP contribution in [0.5, 0.6) is 0 Å². The number of amides is 1. The van der Waals surface area contributed by atoms with E-state index in [4.69, 9.17) is 14.3 Å². The molecule has 0 bridgehead atoms. The highest BCUT2D eigenvalue weighted by Crippen LogP contribution is 2.19. The second kappa shape index (κ2) is 4.26. The van der Waals surface area contributed by atoms with E-state index in [9.17, 15) is 9.59 Å². The number of carboxylic acid groups (broad SMARTS) is 1. The van der Waals surface area contributed by atoms with Crippen LogP contribution in [0.2, 0.25) is 0 Å². The predicted octanol–water partition coefficient (Wildman–Crippen LogP) is 1.08. The lowest BCUT2D eigenvalue weighted by atomic mass is 10.2. The van der Waals surface area contributed by atoms with Gasteiger partial charge in [0.25, 0.3) is 0 Å². The predicted molar refractivity (Wildman–Crippen MR) is 51.6 cm³/mol. The summed E-state index contributed by atoms with van der Waals surface area (Å²) in [5.74, 6) is -0.345. The molecular weight excluding hydrogens is 214 g/mol. The van der Waals surface area contributed by atoms with Gasteiger partial charge in [-0.15, -0.1) is 0 Å². The van der Waals surface area contributed by atoms with Crippen molar-refractivity contribution in [3.63, 3.8) is 0 Å². The first-order chi connectivity index (χ1) is 7.66. The van der Waals surface area contributed by atoms with Crippen LogP contribution in [0, 0.1) is 0 Å². The Kier molecular flexibility index (Phi) is 2.80. The van der Waals surface area contributed by atoms with Crippen molar-refractivity contribution in [1.82, 2.24) is 4.90 Å². The summed E-state index contributed by atoms with van der Waals surface area (Å²) in [4.78, 5) is 23.3. The van der Waals surface area contributed by atoms with Gasteiger partial charge in [-0.1, -0.05) is 0 Å². The third-order valence-electron chi connectivity index (χ3n) is 2.39. The molecule has 1 aliphatic heterocycles. The van der Waals surface area contributed by atoms with E-state index in [-0.39, 0.29) is 19.6 Å². The highest BCUT2D eigenvalue weighted by Gasteiger charge is 2.34. The zero-order chi connectivity index (χ0) is 11.5. The largest absolute Gasteiger partial charge is 0.481 e. The minimum Gasteiger partial charge on any atom is -0.481 e. The Morgan fingerprint density at radius 1 is 1.62 bits per heavy atom. The number of cyclic esters (lactones) is 1. The van der Waals surface area contributed by atoms with Gasteiger partial charge in [-0.05, 0) is 12.1 Å². The van der Waals surface area contributed by atoms with Crippen LogP contribution in [-0.2, 0) is 16.1 Å². The molecule has 1 N–H and O–H groups in total. The fraction of sp³-hybridized carbons (Fsp3) is 0.400. The van der Waals surface area contributed by atoms with Crippen LogP contribution in [0.15, 0.2) is 22.8 Å². The number of hydrogen-bond donors (Lipinski definition) is 1. The summed E-state index contributed by atoms with van der Waals surface area (Å²) in [6.07, 6.45) is 0.887. The molecule has 1 aromatic rings. The second-order valence-electron chi connectivity index (χ2n) is 3.54. The molecular formula is C10H11NO5. The van der Waals surface area contributed by atoms with Crippen molar-refractivity contribution < 1.29 is 23.8 Å². The van der Waals surface area contributed by atoms with Crippen molar-refractivity contribution in [1.29, 1.82) is 0 Å². The summed E-state index contributed by atoms with van der Waals surface area (Å²) in [5.41, 5.74) is 0. The van der Waals surface area contributed by atoms with E-state index < -0.39 is 18.1 Å².